The van der Waals surface area contributed by atoms with Crippen LogP contribution in [-0.2, 0) is 29.1 Å². The van der Waals surface area contributed by atoms with Crippen LogP contribution in [0.4, 0.5) is 5.69 Å². The van der Waals surface area contributed by atoms with Gasteiger partial charge in [0, 0.05) is 45.4 Å². The third kappa shape index (κ3) is 17.9. The Morgan fingerprint density at radius 1 is 0.941 bits per heavy atom. The fourth-order valence-corrected chi connectivity index (χ4v) is 7.79. The standard InChI is InChI=1S/C12H27P.C11H8BrNS2.C5H5.Ni/c1-4-7-10-13(11-8-5-2)12-9-6-3;12-8-5-11(15-7-8)6-13-9-1-3-10(14)4-2-9;1-2-4-5-3-1;/h4-12H2,1-3H3;1-7,14H;1-5H;/q;;-1;. The second-order valence-electron chi connectivity index (χ2n) is 7.94. The van der Waals surface area contributed by atoms with Crippen molar-refractivity contribution < 1.29 is 16.5 Å². The summed E-state index contributed by atoms with van der Waals surface area (Å²) in [4.78, 5) is 6.32. The van der Waals surface area contributed by atoms with E-state index in [4.69, 9.17) is 12.6 Å². The fourth-order valence-electron chi connectivity index (χ4n) is 3.04. The molecule has 34 heavy (non-hydrogen) atoms. The predicted octanol–water partition coefficient (Wildman–Crippen LogP) is 10.2. The van der Waals surface area contributed by atoms with E-state index in [2.05, 4.69) is 41.7 Å². The molecule has 0 radical (unpaired) electrons. The van der Waals surface area contributed by atoms with Crippen molar-refractivity contribution in [3.8, 4) is 0 Å². The molecule has 0 unspecified atom stereocenters. The molecule has 0 atom stereocenters. The Kier molecular flexibility index (Phi) is 22.7. The SMILES string of the molecule is CCCC[PH+](CCCC)CCCC.[Ni].[S-]c1ccc(N=Cc2cc(Br)cs2)cc1.c1cc[cH-]c1. The number of benzene rings is 1. The van der Waals surface area contributed by atoms with E-state index >= 15 is 0 Å². The minimum atomic E-state index is 0. The first-order chi connectivity index (χ1) is 16.1. The summed E-state index contributed by atoms with van der Waals surface area (Å²) in [5.41, 5.74) is 0.924. The molecule has 0 saturated carbocycles. The van der Waals surface area contributed by atoms with Gasteiger partial charge in [-0.15, -0.1) is 11.3 Å². The number of hydrogen-bond donors (Lipinski definition) is 0. The maximum atomic E-state index is 5.00. The third-order valence-electron chi connectivity index (χ3n) is 4.97. The summed E-state index contributed by atoms with van der Waals surface area (Å²) in [5, 5.41) is 2.04. The molecule has 3 aromatic rings. The van der Waals surface area contributed by atoms with Crippen molar-refractivity contribution in [2.45, 2.75) is 64.2 Å². The molecule has 0 bridgehead atoms. The van der Waals surface area contributed by atoms with Crippen LogP contribution < -0.4 is 0 Å². The second-order valence-corrected chi connectivity index (χ2v) is 13.3. The van der Waals surface area contributed by atoms with Gasteiger partial charge in [-0.3, -0.25) is 4.99 Å². The van der Waals surface area contributed by atoms with Gasteiger partial charge < -0.3 is 12.6 Å². The van der Waals surface area contributed by atoms with Crippen LogP contribution >= 0.6 is 35.2 Å². The molecule has 0 spiro atoms. The zero-order valence-electron chi connectivity index (χ0n) is 20.8. The first kappa shape index (κ1) is 33.6. The molecule has 1 heterocycles. The van der Waals surface area contributed by atoms with Gasteiger partial charge in [-0.2, -0.15) is 23.1 Å². The number of hydrogen-bond acceptors (Lipinski definition) is 3. The van der Waals surface area contributed by atoms with Crippen molar-refractivity contribution in [1.29, 1.82) is 0 Å². The van der Waals surface area contributed by atoms with E-state index in [-0.39, 0.29) is 24.4 Å². The number of halogens is 1. The molecule has 1 aromatic heterocycles. The Morgan fingerprint density at radius 2 is 1.47 bits per heavy atom. The molecule has 2 aromatic carbocycles. The smallest absolute Gasteiger partial charge is 0.0629 e. The van der Waals surface area contributed by atoms with E-state index in [0.717, 1.165) is 19.9 Å². The van der Waals surface area contributed by atoms with Gasteiger partial charge >= 0.3 is 0 Å². The van der Waals surface area contributed by atoms with Gasteiger partial charge in [0.25, 0.3) is 0 Å². The van der Waals surface area contributed by atoms with Crippen molar-refractivity contribution >= 4 is 59.7 Å². The molecular formula is C28H40BrNNiPS2-. The van der Waals surface area contributed by atoms with Crippen molar-refractivity contribution in [1.82, 2.24) is 0 Å². The molecular weight excluding hydrogens is 584 g/mol. The summed E-state index contributed by atoms with van der Waals surface area (Å²) in [7, 11) is 0.0675. The van der Waals surface area contributed by atoms with E-state index in [0.29, 0.717) is 0 Å². The van der Waals surface area contributed by atoms with Gasteiger partial charge in [-0.05, 0) is 53.4 Å². The quantitative estimate of drug-likeness (QED) is 0.0680. The van der Waals surface area contributed by atoms with E-state index in [9.17, 15) is 0 Å². The van der Waals surface area contributed by atoms with Crippen LogP contribution in [0.3, 0.4) is 0 Å². The zero-order valence-corrected chi connectivity index (χ0v) is 26.0. The Bertz CT molecular complexity index is 798. The number of aliphatic imine (C=N–C) groups is 1. The maximum Gasteiger partial charge on any atom is 0.0629 e. The minimum absolute atomic E-state index is 0. The molecule has 0 aliphatic heterocycles. The molecule has 0 aliphatic carbocycles. The summed E-state index contributed by atoms with van der Waals surface area (Å²) in [6, 6.07) is 19.6. The first-order valence-corrected chi connectivity index (χ1v) is 16.3. The average Bonchev–Trinajstić information content (AvgIpc) is 3.54. The van der Waals surface area contributed by atoms with Crippen molar-refractivity contribution in [3.63, 3.8) is 0 Å². The molecule has 192 valence electrons. The molecule has 0 amide bonds. The number of unbranched alkanes of at least 4 members (excludes halogenated alkanes) is 3. The molecule has 0 fully saturated rings. The monoisotopic (exact) mass is 622 g/mol. The zero-order chi connectivity index (χ0) is 24.2. The molecule has 1 nitrogen and oxygen atoms in total. The topological polar surface area (TPSA) is 12.4 Å². The van der Waals surface area contributed by atoms with Gasteiger partial charge in [0.2, 0.25) is 0 Å². The van der Waals surface area contributed by atoms with Gasteiger partial charge in [0.15, 0.2) is 0 Å². The molecule has 3 rings (SSSR count). The van der Waals surface area contributed by atoms with Crippen LogP contribution in [-0.4, -0.2) is 24.7 Å². The summed E-state index contributed by atoms with van der Waals surface area (Å²) in [6.07, 6.45) is 15.3. The summed E-state index contributed by atoms with van der Waals surface area (Å²) in [5.74, 6) is 0. The van der Waals surface area contributed by atoms with Gasteiger partial charge in [0.05, 0.1) is 24.2 Å². The maximum absolute atomic E-state index is 5.00. The van der Waals surface area contributed by atoms with Crippen molar-refractivity contribution in [2.24, 2.45) is 4.99 Å². The molecule has 0 aliphatic rings. The average molecular weight is 624 g/mol. The predicted molar refractivity (Wildman–Crippen MR) is 161 cm³/mol. The Balaban J connectivity index is 0.000000523. The largest absolute Gasteiger partial charge is 0.780 e. The first-order valence-electron chi connectivity index (χ1n) is 12.1. The van der Waals surface area contributed by atoms with Crippen molar-refractivity contribution in [2.75, 3.05) is 18.5 Å². The van der Waals surface area contributed by atoms with Crippen LogP contribution in [0.25, 0.3) is 0 Å². The fraction of sp³-hybridized carbons (Fsp3) is 0.429. The van der Waals surface area contributed by atoms with Crippen molar-refractivity contribution in [3.05, 3.63) is 75.4 Å². The van der Waals surface area contributed by atoms with Crippen LogP contribution in [0.1, 0.15) is 64.2 Å². The van der Waals surface area contributed by atoms with E-state index in [1.54, 1.807) is 29.8 Å². The summed E-state index contributed by atoms with van der Waals surface area (Å²) >= 11 is 10.1. The molecule has 0 N–H and O–H groups in total. The summed E-state index contributed by atoms with van der Waals surface area (Å²) in [6.45, 7) is 6.96. The normalized spacial score (nSPS) is 10.3. The Morgan fingerprint density at radius 3 is 1.85 bits per heavy atom. The summed E-state index contributed by atoms with van der Waals surface area (Å²) < 4.78 is 1.09. The van der Waals surface area contributed by atoms with E-state index in [1.807, 2.05) is 72.3 Å². The van der Waals surface area contributed by atoms with Crippen LogP contribution in [0.15, 0.2) is 80.4 Å². The van der Waals surface area contributed by atoms with E-state index < -0.39 is 0 Å². The second kappa shape index (κ2) is 23.0. The van der Waals surface area contributed by atoms with Gasteiger partial charge in [0.1, 0.15) is 0 Å². The van der Waals surface area contributed by atoms with Gasteiger partial charge in [-0.1, -0.05) is 52.2 Å². The van der Waals surface area contributed by atoms with E-state index in [1.165, 1.54) is 38.5 Å². The third-order valence-corrected chi connectivity index (χ3v) is 10.1. The van der Waals surface area contributed by atoms with Crippen LogP contribution in [0, 0.1) is 0 Å². The number of rotatable bonds is 11. The molecule has 6 heteroatoms. The Labute approximate surface area is 237 Å². The number of nitrogens with zero attached hydrogens (tertiary/aromatic N) is 1. The Hall–Kier alpha value is -0.436. The van der Waals surface area contributed by atoms with Crippen LogP contribution in [0.5, 0.6) is 0 Å². The minimum Gasteiger partial charge on any atom is -0.780 e. The van der Waals surface area contributed by atoms with Crippen LogP contribution in [0.2, 0.25) is 0 Å². The molecule has 0 saturated heterocycles. The van der Waals surface area contributed by atoms with Gasteiger partial charge in [-0.25, -0.2) is 12.1 Å². The number of thiophene rings is 1.